The van der Waals surface area contributed by atoms with Crippen molar-refractivity contribution < 1.29 is 9.53 Å². The maximum absolute atomic E-state index is 12.3. The van der Waals surface area contributed by atoms with Crippen molar-refractivity contribution in [2.24, 2.45) is 0 Å². The number of anilines is 1. The Kier molecular flexibility index (Phi) is 4.29. The Morgan fingerprint density at radius 3 is 2.81 bits per heavy atom. The Morgan fingerprint density at radius 2 is 2.19 bits per heavy atom. The van der Waals surface area contributed by atoms with Gasteiger partial charge in [0.05, 0.1) is 0 Å². The zero-order valence-corrected chi connectivity index (χ0v) is 13.0. The van der Waals surface area contributed by atoms with E-state index in [1.54, 1.807) is 0 Å². The Morgan fingerprint density at radius 1 is 1.43 bits per heavy atom. The number of nitriles is 1. The molecule has 6 nitrogen and oxygen atoms in total. The standard InChI is InChI=1S/C13H15ClN4O2S/c14-11-9(8-15)13(21-16-11)18-5-3-17(4-6-18)12(19)10-2-1-7-20-10/h10H,1-7H2. The van der Waals surface area contributed by atoms with Gasteiger partial charge in [0.2, 0.25) is 0 Å². The van der Waals surface area contributed by atoms with Crippen molar-refractivity contribution >= 4 is 34.0 Å². The first-order chi connectivity index (χ1) is 10.2. The molecule has 2 fully saturated rings. The van der Waals surface area contributed by atoms with Gasteiger partial charge in [-0.25, -0.2) is 0 Å². The number of ether oxygens (including phenoxy) is 1. The van der Waals surface area contributed by atoms with E-state index in [2.05, 4.69) is 15.3 Å². The normalized spacial score (nSPS) is 22.4. The van der Waals surface area contributed by atoms with Crippen LogP contribution in [0.4, 0.5) is 5.00 Å². The van der Waals surface area contributed by atoms with Crippen molar-refractivity contribution in [2.45, 2.75) is 18.9 Å². The second-order valence-electron chi connectivity index (χ2n) is 5.08. The van der Waals surface area contributed by atoms with Crippen LogP contribution >= 0.6 is 23.1 Å². The van der Waals surface area contributed by atoms with Gasteiger partial charge >= 0.3 is 0 Å². The van der Waals surface area contributed by atoms with E-state index in [1.807, 2.05) is 4.90 Å². The van der Waals surface area contributed by atoms with Crippen LogP contribution in [0.25, 0.3) is 0 Å². The van der Waals surface area contributed by atoms with Gasteiger partial charge in [-0.1, -0.05) is 11.6 Å². The molecule has 0 N–H and O–H groups in total. The molecule has 2 aliphatic rings. The van der Waals surface area contributed by atoms with E-state index in [-0.39, 0.29) is 17.2 Å². The second-order valence-corrected chi connectivity index (χ2v) is 6.19. The van der Waals surface area contributed by atoms with Crippen LogP contribution in [0.15, 0.2) is 0 Å². The smallest absolute Gasteiger partial charge is 0.251 e. The predicted molar refractivity (Wildman–Crippen MR) is 79.6 cm³/mol. The molecular weight excluding hydrogens is 312 g/mol. The minimum atomic E-state index is -0.260. The number of hydrogen-bond donors (Lipinski definition) is 0. The lowest BCUT2D eigenvalue weighted by atomic mass is 10.2. The zero-order valence-electron chi connectivity index (χ0n) is 11.4. The summed E-state index contributed by atoms with van der Waals surface area (Å²) >= 11 is 7.13. The van der Waals surface area contributed by atoms with E-state index in [1.165, 1.54) is 11.5 Å². The van der Waals surface area contributed by atoms with Gasteiger partial charge in [-0.05, 0) is 24.4 Å². The predicted octanol–water partition coefficient (Wildman–Crippen LogP) is 1.50. The number of rotatable bonds is 2. The summed E-state index contributed by atoms with van der Waals surface area (Å²) in [5.41, 5.74) is 0.431. The minimum Gasteiger partial charge on any atom is -0.368 e. The molecule has 0 aliphatic carbocycles. The van der Waals surface area contributed by atoms with Gasteiger partial charge in [-0.3, -0.25) is 4.79 Å². The average molecular weight is 327 g/mol. The van der Waals surface area contributed by atoms with Crippen LogP contribution < -0.4 is 4.90 Å². The highest BCUT2D eigenvalue weighted by molar-refractivity contribution is 7.10. The lowest BCUT2D eigenvalue weighted by molar-refractivity contribution is -0.141. The lowest BCUT2D eigenvalue weighted by Crippen LogP contribution is -2.51. The largest absolute Gasteiger partial charge is 0.368 e. The van der Waals surface area contributed by atoms with Crippen molar-refractivity contribution in [2.75, 3.05) is 37.7 Å². The molecule has 1 aromatic heterocycles. The Labute approximate surface area is 132 Å². The first-order valence-corrected chi connectivity index (χ1v) is 8.06. The molecule has 1 amide bonds. The monoisotopic (exact) mass is 326 g/mol. The van der Waals surface area contributed by atoms with Crippen LogP contribution in [0.2, 0.25) is 5.15 Å². The first-order valence-electron chi connectivity index (χ1n) is 6.91. The van der Waals surface area contributed by atoms with Gasteiger partial charge in [0, 0.05) is 32.8 Å². The summed E-state index contributed by atoms with van der Waals surface area (Å²) in [7, 11) is 0. The molecule has 8 heteroatoms. The highest BCUT2D eigenvalue weighted by Gasteiger charge is 2.31. The van der Waals surface area contributed by atoms with Crippen LogP contribution in [-0.4, -0.2) is 54.1 Å². The van der Waals surface area contributed by atoms with E-state index in [9.17, 15) is 4.79 Å². The molecule has 0 radical (unpaired) electrons. The summed E-state index contributed by atoms with van der Waals surface area (Å²) in [6.07, 6.45) is 1.52. The van der Waals surface area contributed by atoms with Crippen molar-refractivity contribution in [1.82, 2.24) is 9.27 Å². The summed E-state index contributed by atoms with van der Waals surface area (Å²) in [5, 5.41) is 10.2. The molecule has 1 atom stereocenters. The van der Waals surface area contributed by atoms with Gasteiger partial charge in [-0.15, -0.1) is 0 Å². The third kappa shape index (κ3) is 2.84. The van der Waals surface area contributed by atoms with E-state index >= 15 is 0 Å². The molecule has 0 bridgehead atoms. The SMILES string of the molecule is N#Cc1c(Cl)nsc1N1CCN(C(=O)C2CCCO2)CC1. The third-order valence-electron chi connectivity index (χ3n) is 3.83. The van der Waals surface area contributed by atoms with E-state index < -0.39 is 0 Å². The fraction of sp³-hybridized carbons (Fsp3) is 0.615. The highest BCUT2D eigenvalue weighted by atomic mass is 35.5. The van der Waals surface area contributed by atoms with Gasteiger partial charge in [-0.2, -0.15) is 9.64 Å². The second kappa shape index (κ2) is 6.18. The maximum atomic E-state index is 12.3. The third-order valence-corrected chi connectivity index (χ3v) is 5.11. The number of carbonyl (C=O) groups excluding carboxylic acids is 1. The van der Waals surface area contributed by atoms with Crippen molar-refractivity contribution in [3.05, 3.63) is 10.7 Å². The summed E-state index contributed by atoms with van der Waals surface area (Å²) < 4.78 is 9.47. The number of aromatic nitrogens is 1. The zero-order chi connectivity index (χ0) is 14.8. The minimum absolute atomic E-state index is 0.0926. The molecule has 0 spiro atoms. The van der Waals surface area contributed by atoms with Gasteiger partial charge in [0.25, 0.3) is 5.91 Å². The van der Waals surface area contributed by atoms with Gasteiger partial charge < -0.3 is 14.5 Å². The van der Waals surface area contributed by atoms with Gasteiger partial charge in [0.15, 0.2) is 5.15 Å². The quantitative estimate of drug-likeness (QED) is 0.823. The number of nitrogens with zero attached hydrogens (tertiary/aromatic N) is 4. The van der Waals surface area contributed by atoms with E-state index in [0.29, 0.717) is 38.3 Å². The lowest BCUT2D eigenvalue weighted by Gasteiger charge is -2.36. The Balaban J connectivity index is 1.62. The average Bonchev–Trinajstić information content (AvgIpc) is 3.16. The number of carbonyl (C=O) groups is 1. The first kappa shape index (κ1) is 14.6. The van der Waals surface area contributed by atoms with Crippen molar-refractivity contribution in [1.29, 1.82) is 5.26 Å². The Hall–Kier alpha value is -1.36. The molecule has 112 valence electrons. The highest BCUT2D eigenvalue weighted by Crippen LogP contribution is 2.31. The van der Waals surface area contributed by atoms with Gasteiger partial charge in [0.1, 0.15) is 22.7 Å². The molecule has 1 aromatic rings. The fourth-order valence-electron chi connectivity index (χ4n) is 2.68. The number of halogens is 1. The number of hydrogen-bond acceptors (Lipinski definition) is 6. The number of piperazine rings is 1. The molecule has 2 aliphatic heterocycles. The van der Waals surface area contributed by atoms with Crippen LogP contribution in [-0.2, 0) is 9.53 Å². The van der Waals surface area contributed by atoms with Crippen LogP contribution in [0.1, 0.15) is 18.4 Å². The molecule has 0 saturated carbocycles. The molecule has 21 heavy (non-hydrogen) atoms. The summed E-state index contributed by atoms with van der Waals surface area (Å²) in [4.78, 5) is 16.2. The van der Waals surface area contributed by atoms with Crippen LogP contribution in [0.3, 0.4) is 0 Å². The molecule has 2 saturated heterocycles. The van der Waals surface area contributed by atoms with Crippen molar-refractivity contribution in [3.63, 3.8) is 0 Å². The van der Waals surface area contributed by atoms with Crippen LogP contribution in [0, 0.1) is 11.3 Å². The molecule has 3 heterocycles. The molecule has 0 aromatic carbocycles. The molecule has 1 unspecified atom stereocenters. The summed E-state index contributed by atoms with van der Waals surface area (Å²) in [5.74, 6) is 0.0926. The summed E-state index contributed by atoms with van der Waals surface area (Å²) in [6.45, 7) is 3.33. The Bertz CT molecular complexity index is 571. The maximum Gasteiger partial charge on any atom is 0.251 e. The summed E-state index contributed by atoms with van der Waals surface area (Å²) in [6, 6.07) is 2.09. The molecule has 3 rings (SSSR count). The van der Waals surface area contributed by atoms with E-state index in [0.717, 1.165) is 17.8 Å². The number of amides is 1. The molecular formula is C13H15ClN4O2S. The van der Waals surface area contributed by atoms with Crippen molar-refractivity contribution in [3.8, 4) is 6.07 Å². The fourth-order valence-corrected chi connectivity index (χ4v) is 3.76. The topological polar surface area (TPSA) is 69.5 Å². The van der Waals surface area contributed by atoms with E-state index in [4.69, 9.17) is 21.6 Å². The van der Waals surface area contributed by atoms with Crippen LogP contribution in [0.5, 0.6) is 0 Å².